The molecule has 1 atom stereocenters. The first-order valence-electron chi connectivity index (χ1n) is 8.76. The fraction of sp³-hybridized carbons (Fsp3) is 0.250. The van der Waals surface area contributed by atoms with Crippen LogP contribution in [-0.2, 0) is 6.42 Å². The van der Waals surface area contributed by atoms with Crippen LogP contribution in [0.3, 0.4) is 0 Å². The third-order valence-electron chi connectivity index (χ3n) is 4.93. The lowest BCUT2D eigenvalue weighted by Gasteiger charge is -2.36. The highest BCUT2D eigenvalue weighted by Gasteiger charge is 2.50. The van der Waals surface area contributed by atoms with Gasteiger partial charge in [-0.25, -0.2) is 4.79 Å². The molecule has 28 heavy (non-hydrogen) atoms. The molecular weight excluding hydrogens is 371 g/mol. The van der Waals surface area contributed by atoms with Gasteiger partial charge < -0.3 is 19.9 Å². The Kier molecular flexibility index (Phi) is 4.41. The molecule has 3 aromatic rings. The second-order valence-corrected chi connectivity index (χ2v) is 6.61. The summed E-state index contributed by atoms with van der Waals surface area (Å²) in [6.07, 6.45) is -4.30. The molecule has 2 aromatic carbocycles. The van der Waals surface area contributed by atoms with Crippen LogP contribution in [0, 0.1) is 0 Å². The lowest BCUT2D eigenvalue weighted by atomic mass is 9.97. The number of aromatic nitrogens is 1. The Bertz CT molecular complexity index is 1010. The number of amides is 2. The predicted octanol–water partition coefficient (Wildman–Crippen LogP) is 4.87. The minimum absolute atomic E-state index is 0.00483. The maximum atomic E-state index is 14.0. The van der Waals surface area contributed by atoms with E-state index < -0.39 is 18.2 Å². The van der Waals surface area contributed by atoms with Crippen LogP contribution in [0.4, 0.5) is 23.7 Å². The largest absolute Gasteiger partial charge is 0.497 e. The van der Waals surface area contributed by atoms with Gasteiger partial charge in [0, 0.05) is 23.1 Å². The Morgan fingerprint density at radius 3 is 2.64 bits per heavy atom. The summed E-state index contributed by atoms with van der Waals surface area (Å²) < 4.78 is 47.1. The molecule has 0 spiro atoms. The molecular formula is C20H18F3N3O2. The van der Waals surface area contributed by atoms with Crippen molar-refractivity contribution in [3.8, 4) is 5.75 Å². The lowest BCUT2D eigenvalue weighted by molar-refractivity contribution is -0.180. The summed E-state index contributed by atoms with van der Waals surface area (Å²) in [6, 6.07) is 10.7. The highest BCUT2D eigenvalue weighted by Crippen LogP contribution is 2.44. The van der Waals surface area contributed by atoms with E-state index >= 15 is 0 Å². The average molecular weight is 389 g/mol. The van der Waals surface area contributed by atoms with Crippen molar-refractivity contribution < 1.29 is 22.7 Å². The van der Waals surface area contributed by atoms with Crippen molar-refractivity contribution in [2.24, 2.45) is 0 Å². The third kappa shape index (κ3) is 3.15. The Balaban J connectivity index is 1.74. The number of benzene rings is 2. The second-order valence-electron chi connectivity index (χ2n) is 6.61. The zero-order chi connectivity index (χ0) is 19.9. The van der Waals surface area contributed by atoms with E-state index in [2.05, 4.69) is 10.3 Å². The number of fused-ring (bicyclic) bond motifs is 3. The number of hydrogen-bond donors (Lipinski definition) is 2. The van der Waals surface area contributed by atoms with Crippen LogP contribution < -0.4 is 10.1 Å². The smallest absolute Gasteiger partial charge is 0.414 e. The molecule has 0 saturated carbocycles. The number of carbonyl (C=O) groups is 1. The van der Waals surface area contributed by atoms with Crippen molar-refractivity contribution in [2.45, 2.75) is 18.6 Å². The first kappa shape index (κ1) is 18.2. The number of ether oxygens (including phenoxy) is 1. The summed E-state index contributed by atoms with van der Waals surface area (Å²) in [7, 11) is 1.51. The molecule has 146 valence electrons. The van der Waals surface area contributed by atoms with Crippen LogP contribution in [0.5, 0.6) is 5.75 Å². The minimum atomic E-state index is -4.62. The van der Waals surface area contributed by atoms with E-state index in [1.54, 1.807) is 48.5 Å². The van der Waals surface area contributed by atoms with Crippen molar-refractivity contribution >= 4 is 22.6 Å². The molecule has 1 unspecified atom stereocenters. The zero-order valence-electron chi connectivity index (χ0n) is 15.0. The first-order chi connectivity index (χ1) is 13.4. The van der Waals surface area contributed by atoms with E-state index in [9.17, 15) is 18.0 Å². The first-order valence-corrected chi connectivity index (χ1v) is 8.76. The molecule has 1 aromatic heterocycles. The third-order valence-corrected chi connectivity index (χ3v) is 4.93. The van der Waals surface area contributed by atoms with Gasteiger partial charge in [0.1, 0.15) is 5.75 Å². The minimum Gasteiger partial charge on any atom is -0.497 e. The molecule has 8 heteroatoms. The molecule has 0 bridgehead atoms. The molecule has 2 N–H and O–H groups in total. The number of H-pyrrole nitrogens is 1. The summed E-state index contributed by atoms with van der Waals surface area (Å²) in [5, 5.41) is 3.24. The number of para-hydroxylation sites is 1. The number of urea groups is 1. The summed E-state index contributed by atoms with van der Waals surface area (Å²) in [5.41, 5.74) is 1.61. The van der Waals surface area contributed by atoms with Gasteiger partial charge in [-0.3, -0.25) is 0 Å². The van der Waals surface area contributed by atoms with Gasteiger partial charge in [0.2, 0.25) is 0 Å². The van der Waals surface area contributed by atoms with Crippen molar-refractivity contribution in [1.82, 2.24) is 9.88 Å². The molecule has 0 fully saturated rings. The van der Waals surface area contributed by atoms with Gasteiger partial charge in [0.25, 0.3) is 0 Å². The monoisotopic (exact) mass is 389 g/mol. The normalized spacial score (nSPS) is 16.7. The fourth-order valence-electron chi connectivity index (χ4n) is 3.67. The van der Waals surface area contributed by atoms with Crippen molar-refractivity contribution in [3.05, 3.63) is 59.8 Å². The predicted molar refractivity (Wildman–Crippen MR) is 99.5 cm³/mol. The van der Waals surface area contributed by atoms with Gasteiger partial charge in [-0.1, -0.05) is 18.2 Å². The van der Waals surface area contributed by atoms with Crippen LogP contribution in [0.1, 0.15) is 17.3 Å². The number of anilines is 1. The summed E-state index contributed by atoms with van der Waals surface area (Å²) in [6.45, 7) is -0.0417. The number of alkyl halides is 3. The molecule has 4 rings (SSSR count). The molecule has 0 radical (unpaired) electrons. The van der Waals surface area contributed by atoms with Crippen molar-refractivity contribution in [2.75, 3.05) is 19.0 Å². The van der Waals surface area contributed by atoms with Gasteiger partial charge in [-0.15, -0.1) is 0 Å². The van der Waals surface area contributed by atoms with E-state index in [0.717, 1.165) is 4.90 Å². The van der Waals surface area contributed by atoms with Gasteiger partial charge >= 0.3 is 12.2 Å². The summed E-state index contributed by atoms with van der Waals surface area (Å²) in [5.74, 6) is 0.571. The number of carbonyl (C=O) groups excluding carboxylic acids is 1. The molecule has 1 aliphatic rings. The van der Waals surface area contributed by atoms with Crippen LogP contribution in [0.15, 0.2) is 48.5 Å². The number of rotatable bonds is 2. The summed E-state index contributed by atoms with van der Waals surface area (Å²) >= 11 is 0. The van der Waals surface area contributed by atoms with Crippen molar-refractivity contribution in [3.63, 3.8) is 0 Å². The van der Waals surface area contributed by atoms with Gasteiger partial charge in [0.05, 0.1) is 12.8 Å². The molecule has 2 amide bonds. The Labute approximate surface area is 159 Å². The highest BCUT2D eigenvalue weighted by atomic mass is 19.4. The van der Waals surface area contributed by atoms with E-state index in [1.807, 2.05) is 0 Å². The average Bonchev–Trinajstić information content (AvgIpc) is 3.04. The number of aromatic amines is 1. The van der Waals surface area contributed by atoms with E-state index in [4.69, 9.17) is 4.74 Å². The van der Waals surface area contributed by atoms with E-state index in [1.165, 1.54) is 7.11 Å². The number of nitrogens with zero attached hydrogens (tertiary/aromatic N) is 1. The standard InChI is InChI=1S/C20H18F3N3O2/c1-28-13-7-8-16-15(11-13)14-9-10-26(18(17(14)25-16)20(21,22)23)19(27)24-12-5-3-2-4-6-12/h2-8,11,18,25H,9-10H2,1H3,(H,24,27). The molecule has 0 saturated heterocycles. The molecule has 0 aliphatic carbocycles. The molecule has 5 nitrogen and oxygen atoms in total. The van der Waals surface area contributed by atoms with E-state index in [-0.39, 0.29) is 12.2 Å². The summed E-state index contributed by atoms with van der Waals surface area (Å²) in [4.78, 5) is 16.3. The number of nitrogens with one attached hydrogen (secondary N) is 2. The SMILES string of the molecule is COc1ccc2[nH]c3c(c2c1)CCN(C(=O)Nc1ccccc1)C3C(F)(F)F. The lowest BCUT2D eigenvalue weighted by Crippen LogP contribution is -2.48. The van der Waals surface area contributed by atoms with Crippen LogP contribution in [0.2, 0.25) is 0 Å². The zero-order valence-corrected chi connectivity index (χ0v) is 15.0. The van der Waals surface area contributed by atoms with Crippen LogP contribution >= 0.6 is 0 Å². The number of hydrogen-bond acceptors (Lipinski definition) is 2. The Hall–Kier alpha value is -3.16. The van der Waals surface area contributed by atoms with E-state index in [0.29, 0.717) is 34.3 Å². The number of halogens is 3. The quantitative estimate of drug-likeness (QED) is 0.657. The Morgan fingerprint density at radius 2 is 1.96 bits per heavy atom. The van der Waals surface area contributed by atoms with Crippen LogP contribution in [0.25, 0.3) is 10.9 Å². The molecule has 2 heterocycles. The van der Waals surface area contributed by atoms with Gasteiger partial charge in [-0.05, 0) is 42.3 Å². The van der Waals surface area contributed by atoms with Gasteiger partial charge in [-0.2, -0.15) is 13.2 Å². The maximum Gasteiger partial charge on any atom is 0.414 e. The fourth-order valence-corrected chi connectivity index (χ4v) is 3.67. The van der Waals surface area contributed by atoms with Crippen LogP contribution in [-0.4, -0.2) is 35.7 Å². The number of methoxy groups -OCH3 is 1. The highest BCUT2D eigenvalue weighted by molar-refractivity contribution is 5.91. The Morgan fingerprint density at radius 1 is 1.21 bits per heavy atom. The van der Waals surface area contributed by atoms with Crippen molar-refractivity contribution in [1.29, 1.82) is 0 Å². The topological polar surface area (TPSA) is 57.4 Å². The molecule has 1 aliphatic heterocycles. The van der Waals surface area contributed by atoms with Gasteiger partial charge in [0.15, 0.2) is 6.04 Å². The maximum absolute atomic E-state index is 14.0. The second kappa shape index (κ2) is 6.78.